The Balaban J connectivity index is 2.30. The zero-order chi connectivity index (χ0) is 14.2. The zero-order valence-electron chi connectivity index (χ0n) is 11.3. The molecular weight excluding hydrogens is 248 g/mol. The van der Waals surface area contributed by atoms with Crippen LogP contribution in [-0.4, -0.2) is 12.5 Å². The lowest BCUT2D eigenvalue weighted by Crippen LogP contribution is -2.41. The fourth-order valence-electron chi connectivity index (χ4n) is 3.35. The van der Waals surface area contributed by atoms with Crippen molar-refractivity contribution in [2.45, 2.75) is 18.3 Å². The quantitative estimate of drug-likeness (QED) is 0.890. The number of fused-ring (bicyclic) bond motifs is 3. The molecule has 1 aliphatic rings. The Hall–Kier alpha value is -2.13. The first-order valence-corrected chi connectivity index (χ1v) is 6.91. The average Bonchev–Trinajstić information content (AvgIpc) is 2.77. The highest BCUT2D eigenvalue weighted by molar-refractivity contribution is 5.99. The van der Waals surface area contributed by atoms with Gasteiger partial charge in [-0.25, -0.2) is 0 Å². The van der Waals surface area contributed by atoms with E-state index in [0.29, 0.717) is 13.0 Å². The van der Waals surface area contributed by atoms with Crippen molar-refractivity contribution in [1.82, 2.24) is 0 Å². The molecule has 3 nitrogen and oxygen atoms in total. The monoisotopic (exact) mass is 266 g/mol. The topological polar surface area (TPSA) is 69.1 Å². The van der Waals surface area contributed by atoms with Gasteiger partial charge < -0.3 is 11.5 Å². The molecule has 0 aromatic heterocycles. The van der Waals surface area contributed by atoms with Crippen LogP contribution in [-0.2, 0) is 10.2 Å². The molecule has 2 aromatic rings. The van der Waals surface area contributed by atoms with E-state index in [1.54, 1.807) is 0 Å². The predicted molar refractivity (Wildman–Crippen MR) is 80.1 cm³/mol. The molecule has 3 heteroatoms. The Morgan fingerprint density at radius 3 is 1.90 bits per heavy atom. The minimum Gasteiger partial charge on any atom is -0.369 e. The molecule has 3 rings (SSSR count). The van der Waals surface area contributed by atoms with Gasteiger partial charge in [0.1, 0.15) is 0 Å². The van der Waals surface area contributed by atoms with Crippen LogP contribution in [0, 0.1) is 0 Å². The molecule has 0 bridgehead atoms. The largest absolute Gasteiger partial charge is 0.369 e. The first-order valence-electron chi connectivity index (χ1n) is 6.91. The summed E-state index contributed by atoms with van der Waals surface area (Å²) in [5.41, 5.74) is 15.0. The summed E-state index contributed by atoms with van der Waals surface area (Å²) in [6.07, 6.45) is 1.43. The van der Waals surface area contributed by atoms with E-state index in [4.69, 9.17) is 11.5 Å². The summed E-state index contributed by atoms with van der Waals surface area (Å²) in [4.78, 5) is 12.3. The highest BCUT2D eigenvalue weighted by atomic mass is 16.1. The van der Waals surface area contributed by atoms with Gasteiger partial charge in [-0.05, 0) is 41.6 Å². The van der Waals surface area contributed by atoms with Gasteiger partial charge in [-0.2, -0.15) is 0 Å². The molecule has 2 aromatic carbocycles. The Bertz CT molecular complexity index is 618. The molecule has 0 radical (unpaired) electrons. The van der Waals surface area contributed by atoms with E-state index in [-0.39, 0.29) is 5.91 Å². The maximum absolute atomic E-state index is 12.3. The number of nitrogens with two attached hydrogens (primary N) is 2. The first kappa shape index (κ1) is 12.9. The Morgan fingerprint density at radius 1 is 0.950 bits per heavy atom. The summed E-state index contributed by atoms with van der Waals surface area (Å²) in [6.45, 7) is 0.555. The summed E-state index contributed by atoms with van der Waals surface area (Å²) in [6, 6.07) is 16.1. The maximum Gasteiger partial charge on any atom is 0.232 e. The predicted octanol–water partition coefficient (Wildman–Crippen LogP) is 2.18. The van der Waals surface area contributed by atoms with Gasteiger partial charge in [0.25, 0.3) is 0 Å². The van der Waals surface area contributed by atoms with E-state index in [0.717, 1.165) is 28.7 Å². The van der Waals surface area contributed by atoms with E-state index in [2.05, 4.69) is 12.1 Å². The molecular formula is C17H18N2O. The number of benzene rings is 2. The lowest BCUT2D eigenvalue weighted by molar-refractivity contribution is -0.122. The first-order chi connectivity index (χ1) is 9.71. The number of carbonyl (C=O) groups excluding carboxylic acids is 1. The average molecular weight is 266 g/mol. The summed E-state index contributed by atoms with van der Waals surface area (Å²) in [5, 5.41) is 0. The van der Waals surface area contributed by atoms with Gasteiger partial charge in [-0.15, -0.1) is 0 Å². The van der Waals surface area contributed by atoms with Crippen molar-refractivity contribution in [3.63, 3.8) is 0 Å². The second-order valence-corrected chi connectivity index (χ2v) is 5.25. The van der Waals surface area contributed by atoms with Crippen molar-refractivity contribution >= 4 is 5.91 Å². The van der Waals surface area contributed by atoms with Gasteiger partial charge in [0, 0.05) is 0 Å². The van der Waals surface area contributed by atoms with E-state index in [1.165, 1.54) is 0 Å². The minimum absolute atomic E-state index is 0.289. The molecule has 0 unspecified atom stereocenters. The summed E-state index contributed by atoms with van der Waals surface area (Å²) < 4.78 is 0. The van der Waals surface area contributed by atoms with Crippen LogP contribution in [0.25, 0.3) is 11.1 Å². The Morgan fingerprint density at radius 2 is 1.45 bits per heavy atom. The summed E-state index contributed by atoms with van der Waals surface area (Å²) in [5.74, 6) is -0.289. The number of hydrogen-bond donors (Lipinski definition) is 2. The highest BCUT2D eigenvalue weighted by Crippen LogP contribution is 2.50. The smallest absolute Gasteiger partial charge is 0.232 e. The van der Waals surface area contributed by atoms with Gasteiger partial charge in [0.05, 0.1) is 5.41 Å². The Labute approximate surface area is 118 Å². The van der Waals surface area contributed by atoms with E-state index >= 15 is 0 Å². The fraction of sp³-hybridized carbons (Fsp3) is 0.235. The molecule has 0 aliphatic heterocycles. The van der Waals surface area contributed by atoms with Crippen molar-refractivity contribution in [3.05, 3.63) is 59.7 Å². The van der Waals surface area contributed by atoms with Crippen molar-refractivity contribution in [1.29, 1.82) is 0 Å². The van der Waals surface area contributed by atoms with Crippen molar-refractivity contribution in [2.24, 2.45) is 11.5 Å². The van der Waals surface area contributed by atoms with Crippen molar-refractivity contribution in [3.8, 4) is 11.1 Å². The van der Waals surface area contributed by atoms with Crippen molar-refractivity contribution in [2.75, 3.05) is 6.54 Å². The van der Waals surface area contributed by atoms with Crippen molar-refractivity contribution < 1.29 is 4.79 Å². The molecule has 0 spiro atoms. The standard InChI is InChI=1S/C17H18N2O/c18-11-5-10-17(16(19)20)14-8-3-1-6-12(14)13-7-2-4-9-15(13)17/h1-4,6-9H,5,10-11,18H2,(H2,19,20). The van der Waals surface area contributed by atoms with Crippen LogP contribution in [0.2, 0.25) is 0 Å². The molecule has 0 saturated heterocycles. The molecule has 0 heterocycles. The van der Waals surface area contributed by atoms with Gasteiger partial charge >= 0.3 is 0 Å². The third kappa shape index (κ3) is 1.60. The number of amides is 1. The second-order valence-electron chi connectivity index (χ2n) is 5.25. The molecule has 0 fully saturated rings. The van der Waals surface area contributed by atoms with E-state index < -0.39 is 5.41 Å². The number of carbonyl (C=O) groups is 1. The van der Waals surface area contributed by atoms with E-state index in [9.17, 15) is 4.79 Å². The van der Waals surface area contributed by atoms with Crippen LogP contribution < -0.4 is 11.5 Å². The summed E-state index contributed by atoms with van der Waals surface area (Å²) in [7, 11) is 0. The number of rotatable bonds is 4. The second kappa shape index (κ2) is 4.76. The van der Waals surface area contributed by atoms with Crippen LogP contribution in [0.3, 0.4) is 0 Å². The fourth-order valence-corrected chi connectivity index (χ4v) is 3.35. The van der Waals surface area contributed by atoms with Gasteiger partial charge in [0.2, 0.25) is 5.91 Å². The summed E-state index contributed by atoms with van der Waals surface area (Å²) >= 11 is 0. The van der Waals surface area contributed by atoms with E-state index in [1.807, 2.05) is 36.4 Å². The lowest BCUT2D eigenvalue weighted by Gasteiger charge is -2.28. The van der Waals surface area contributed by atoms with Gasteiger partial charge in [-0.1, -0.05) is 48.5 Å². The maximum atomic E-state index is 12.3. The number of primary amides is 1. The molecule has 20 heavy (non-hydrogen) atoms. The van der Waals surface area contributed by atoms with Crippen LogP contribution >= 0.6 is 0 Å². The Kier molecular flexibility index (Phi) is 3.07. The SMILES string of the molecule is NCCCC1(C(N)=O)c2ccccc2-c2ccccc21. The number of hydrogen-bond acceptors (Lipinski definition) is 2. The van der Waals surface area contributed by atoms with Gasteiger partial charge in [0.15, 0.2) is 0 Å². The lowest BCUT2D eigenvalue weighted by atomic mass is 9.74. The zero-order valence-corrected chi connectivity index (χ0v) is 11.3. The minimum atomic E-state index is -0.730. The van der Waals surface area contributed by atoms with Crippen LogP contribution in [0.15, 0.2) is 48.5 Å². The molecule has 1 aliphatic carbocycles. The normalized spacial score (nSPS) is 14.7. The third-order valence-corrected chi connectivity index (χ3v) is 4.24. The van der Waals surface area contributed by atoms with Crippen LogP contribution in [0.4, 0.5) is 0 Å². The molecule has 0 saturated carbocycles. The molecule has 1 amide bonds. The third-order valence-electron chi connectivity index (χ3n) is 4.24. The van der Waals surface area contributed by atoms with Gasteiger partial charge in [-0.3, -0.25) is 4.79 Å². The highest BCUT2D eigenvalue weighted by Gasteiger charge is 2.47. The molecule has 4 N–H and O–H groups in total. The molecule has 0 atom stereocenters. The van der Waals surface area contributed by atoms with Crippen LogP contribution in [0.1, 0.15) is 24.0 Å². The van der Waals surface area contributed by atoms with Crippen LogP contribution in [0.5, 0.6) is 0 Å². The molecule has 102 valence electrons.